The standard InChI is InChI=1S/C21H21N3O4/c25-18(12-3-4-12)17-19(26)16(28-21(17)24-14-5-8-27-9-6-14)10-13-11-23-20-15(13)2-1-7-22-20/h1-2,7,10-12,14,24H,3-6,8-9H2,(H,22,23)/b16-10-. The minimum Gasteiger partial charge on any atom is -0.436 e. The van der Waals surface area contributed by atoms with Gasteiger partial charge in [-0.25, -0.2) is 4.98 Å². The van der Waals surface area contributed by atoms with Crippen molar-refractivity contribution < 1.29 is 19.1 Å². The smallest absolute Gasteiger partial charge is 0.237 e. The van der Waals surface area contributed by atoms with Gasteiger partial charge in [-0.1, -0.05) is 0 Å². The molecule has 7 heteroatoms. The summed E-state index contributed by atoms with van der Waals surface area (Å²) in [6.07, 6.45) is 8.49. The Hall–Kier alpha value is -2.93. The molecule has 2 aromatic heterocycles. The number of aromatic amines is 1. The Balaban J connectivity index is 1.47. The van der Waals surface area contributed by atoms with Crippen LogP contribution >= 0.6 is 0 Å². The summed E-state index contributed by atoms with van der Waals surface area (Å²) in [7, 11) is 0. The molecule has 144 valence electrons. The van der Waals surface area contributed by atoms with Gasteiger partial charge in [0.15, 0.2) is 11.5 Å². The zero-order chi connectivity index (χ0) is 19.1. The second-order valence-corrected chi connectivity index (χ2v) is 7.46. The summed E-state index contributed by atoms with van der Waals surface area (Å²) in [6.45, 7) is 1.33. The van der Waals surface area contributed by atoms with Crippen LogP contribution in [-0.4, -0.2) is 40.8 Å². The van der Waals surface area contributed by atoms with Crippen LogP contribution in [0.1, 0.15) is 31.2 Å². The first kappa shape index (κ1) is 17.2. The van der Waals surface area contributed by atoms with E-state index in [0.717, 1.165) is 42.3 Å². The fourth-order valence-corrected chi connectivity index (χ4v) is 3.67. The number of Topliss-reactive ketones (excluding diaryl/α,β-unsaturated/α-hetero) is 2. The summed E-state index contributed by atoms with van der Waals surface area (Å²) >= 11 is 0. The number of carbonyl (C=O) groups is 2. The minimum atomic E-state index is -0.343. The second-order valence-electron chi connectivity index (χ2n) is 7.46. The van der Waals surface area contributed by atoms with Crippen LogP contribution in [0.2, 0.25) is 0 Å². The van der Waals surface area contributed by atoms with Crippen LogP contribution in [-0.2, 0) is 19.1 Å². The molecule has 1 aliphatic carbocycles. The molecular formula is C21H21N3O4. The average molecular weight is 379 g/mol. The molecule has 28 heavy (non-hydrogen) atoms. The number of hydrogen-bond donors (Lipinski definition) is 2. The maximum Gasteiger partial charge on any atom is 0.237 e. The normalized spacial score (nSPS) is 22.1. The largest absolute Gasteiger partial charge is 0.436 e. The summed E-state index contributed by atoms with van der Waals surface area (Å²) in [6, 6.07) is 3.90. The highest BCUT2D eigenvalue weighted by molar-refractivity contribution is 6.29. The molecule has 4 heterocycles. The van der Waals surface area contributed by atoms with Gasteiger partial charge in [0, 0.05) is 48.5 Å². The first-order valence-electron chi connectivity index (χ1n) is 9.70. The van der Waals surface area contributed by atoms with E-state index in [-0.39, 0.29) is 34.9 Å². The Bertz CT molecular complexity index is 1010. The number of fused-ring (bicyclic) bond motifs is 1. The lowest BCUT2D eigenvalue weighted by Crippen LogP contribution is -2.35. The first-order chi connectivity index (χ1) is 13.7. The molecule has 3 aliphatic rings. The summed E-state index contributed by atoms with van der Waals surface area (Å²) in [5.41, 5.74) is 1.71. The summed E-state index contributed by atoms with van der Waals surface area (Å²) in [4.78, 5) is 33.1. The predicted molar refractivity (Wildman–Crippen MR) is 102 cm³/mol. The quantitative estimate of drug-likeness (QED) is 0.612. The maximum atomic E-state index is 13.0. The van der Waals surface area contributed by atoms with E-state index < -0.39 is 0 Å². The minimum absolute atomic E-state index is 0.0503. The van der Waals surface area contributed by atoms with E-state index in [1.54, 1.807) is 18.5 Å². The van der Waals surface area contributed by atoms with Crippen molar-refractivity contribution in [3.63, 3.8) is 0 Å². The molecule has 0 amide bonds. The average Bonchev–Trinajstić information content (AvgIpc) is 3.43. The number of aromatic nitrogens is 2. The Labute approximate surface area is 161 Å². The monoisotopic (exact) mass is 379 g/mol. The third-order valence-corrected chi connectivity index (χ3v) is 5.41. The van der Waals surface area contributed by atoms with E-state index in [2.05, 4.69) is 15.3 Å². The lowest BCUT2D eigenvalue weighted by atomic mass is 10.0. The highest BCUT2D eigenvalue weighted by atomic mass is 16.5. The third-order valence-electron chi connectivity index (χ3n) is 5.41. The van der Waals surface area contributed by atoms with Crippen LogP contribution in [0.25, 0.3) is 17.1 Å². The molecule has 2 fully saturated rings. The lowest BCUT2D eigenvalue weighted by molar-refractivity contribution is -0.120. The number of allylic oxidation sites excluding steroid dienone is 1. The van der Waals surface area contributed by atoms with Gasteiger partial charge in [0.25, 0.3) is 0 Å². The Morgan fingerprint density at radius 1 is 1.25 bits per heavy atom. The van der Waals surface area contributed by atoms with Gasteiger partial charge in [-0.2, -0.15) is 0 Å². The van der Waals surface area contributed by atoms with Crippen LogP contribution in [0.5, 0.6) is 0 Å². The van der Waals surface area contributed by atoms with Gasteiger partial charge in [-0.15, -0.1) is 0 Å². The first-order valence-corrected chi connectivity index (χ1v) is 9.70. The molecule has 1 saturated heterocycles. The van der Waals surface area contributed by atoms with Crippen molar-refractivity contribution in [1.29, 1.82) is 0 Å². The fraction of sp³-hybridized carbons (Fsp3) is 0.381. The molecule has 0 aromatic carbocycles. The van der Waals surface area contributed by atoms with E-state index in [9.17, 15) is 9.59 Å². The van der Waals surface area contributed by atoms with Crippen molar-refractivity contribution in [2.45, 2.75) is 31.7 Å². The number of pyridine rings is 1. The molecule has 0 atom stereocenters. The SMILES string of the molecule is O=C1C(C(=O)C2CC2)=C(NC2CCOCC2)O/C1=C\c1c[nH]c2ncccc12. The van der Waals surface area contributed by atoms with Crippen LogP contribution in [0.4, 0.5) is 0 Å². The number of ether oxygens (including phenoxy) is 2. The van der Waals surface area contributed by atoms with E-state index in [0.29, 0.717) is 19.1 Å². The number of nitrogens with one attached hydrogen (secondary N) is 2. The van der Waals surface area contributed by atoms with E-state index in [1.165, 1.54) is 0 Å². The van der Waals surface area contributed by atoms with Crippen molar-refractivity contribution in [3.05, 3.63) is 47.3 Å². The second kappa shape index (κ2) is 6.91. The molecule has 0 spiro atoms. The highest BCUT2D eigenvalue weighted by Crippen LogP contribution is 2.37. The van der Waals surface area contributed by atoms with Crippen molar-refractivity contribution in [3.8, 4) is 0 Å². The van der Waals surface area contributed by atoms with Gasteiger partial charge in [0.05, 0.1) is 0 Å². The van der Waals surface area contributed by atoms with Crippen LogP contribution in [0.3, 0.4) is 0 Å². The van der Waals surface area contributed by atoms with E-state index >= 15 is 0 Å². The topological polar surface area (TPSA) is 93.3 Å². The predicted octanol–water partition coefficient (Wildman–Crippen LogP) is 2.46. The molecule has 2 aromatic rings. The van der Waals surface area contributed by atoms with Gasteiger partial charge >= 0.3 is 0 Å². The zero-order valence-corrected chi connectivity index (χ0v) is 15.4. The summed E-state index contributed by atoms with van der Waals surface area (Å²) < 4.78 is 11.3. The van der Waals surface area contributed by atoms with Gasteiger partial charge in [0.1, 0.15) is 11.2 Å². The molecule has 2 aliphatic heterocycles. The van der Waals surface area contributed by atoms with Crippen molar-refractivity contribution in [1.82, 2.24) is 15.3 Å². The number of hydrogen-bond acceptors (Lipinski definition) is 6. The number of ketones is 2. The summed E-state index contributed by atoms with van der Waals surface area (Å²) in [5, 5.41) is 4.18. The molecule has 2 N–H and O–H groups in total. The van der Waals surface area contributed by atoms with Crippen LogP contribution < -0.4 is 5.32 Å². The third kappa shape index (κ3) is 3.11. The summed E-state index contributed by atoms with van der Waals surface area (Å²) in [5.74, 6) is -0.0275. The molecular weight excluding hydrogens is 358 g/mol. The van der Waals surface area contributed by atoms with Gasteiger partial charge in [-0.3, -0.25) is 9.59 Å². The fourth-order valence-electron chi connectivity index (χ4n) is 3.67. The van der Waals surface area contributed by atoms with Crippen LogP contribution in [0.15, 0.2) is 41.7 Å². The Morgan fingerprint density at radius 3 is 2.86 bits per heavy atom. The Morgan fingerprint density at radius 2 is 2.07 bits per heavy atom. The number of nitrogens with zero attached hydrogens (tertiary/aromatic N) is 1. The number of rotatable bonds is 5. The van der Waals surface area contributed by atoms with E-state index in [1.807, 2.05) is 12.1 Å². The van der Waals surface area contributed by atoms with Gasteiger partial charge in [0.2, 0.25) is 11.7 Å². The molecule has 0 radical (unpaired) electrons. The molecule has 0 unspecified atom stereocenters. The molecule has 5 rings (SSSR count). The van der Waals surface area contributed by atoms with Crippen molar-refractivity contribution >= 4 is 28.7 Å². The Kier molecular flexibility index (Phi) is 4.24. The molecule has 0 bridgehead atoms. The zero-order valence-electron chi connectivity index (χ0n) is 15.4. The highest BCUT2D eigenvalue weighted by Gasteiger charge is 2.42. The molecule has 1 saturated carbocycles. The van der Waals surface area contributed by atoms with Gasteiger partial charge in [-0.05, 0) is 43.9 Å². The lowest BCUT2D eigenvalue weighted by Gasteiger charge is -2.24. The van der Waals surface area contributed by atoms with Crippen molar-refractivity contribution in [2.75, 3.05) is 13.2 Å². The van der Waals surface area contributed by atoms with Gasteiger partial charge < -0.3 is 19.8 Å². The molecule has 7 nitrogen and oxygen atoms in total. The number of H-pyrrole nitrogens is 1. The maximum absolute atomic E-state index is 13.0. The van der Waals surface area contributed by atoms with E-state index in [4.69, 9.17) is 9.47 Å². The van der Waals surface area contributed by atoms with Crippen LogP contribution in [0, 0.1) is 5.92 Å². The number of carbonyl (C=O) groups excluding carboxylic acids is 2. The van der Waals surface area contributed by atoms with Crippen molar-refractivity contribution in [2.24, 2.45) is 5.92 Å².